The molecule has 0 amide bonds. The van der Waals surface area contributed by atoms with Crippen LogP contribution in [0.25, 0.3) is 0 Å². The van der Waals surface area contributed by atoms with Crippen molar-refractivity contribution in [1.29, 1.82) is 5.26 Å². The molecule has 0 aliphatic heterocycles. The molecule has 0 fully saturated rings. The van der Waals surface area contributed by atoms with Crippen LogP contribution in [0.3, 0.4) is 0 Å². The van der Waals surface area contributed by atoms with Crippen molar-refractivity contribution in [2.24, 2.45) is 11.3 Å². The maximum atomic E-state index is 12.2. The van der Waals surface area contributed by atoms with E-state index in [0.29, 0.717) is 18.0 Å². The van der Waals surface area contributed by atoms with E-state index >= 15 is 0 Å². The third kappa shape index (κ3) is 5.14. The molecule has 116 valence electrons. The number of nitriles is 1. The third-order valence-corrected chi connectivity index (χ3v) is 5.73. The van der Waals surface area contributed by atoms with Crippen LogP contribution in [-0.2, 0) is 9.84 Å². The van der Waals surface area contributed by atoms with E-state index in [-0.39, 0.29) is 16.1 Å². The van der Waals surface area contributed by atoms with Crippen LogP contribution in [0, 0.1) is 22.7 Å². The Morgan fingerprint density at radius 1 is 1.33 bits per heavy atom. The van der Waals surface area contributed by atoms with Gasteiger partial charge >= 0.3 is 0 Å². The minimum absolute atomic E-state index is 0.0378. The summed E-state index contributed by atoms with van der Waals surface area (Å²) in [6.45, 7) is 9.83. The van der Waals surface area contributed by atoms with Crippen LogP contribution in [0.2, 0.25) is 0 Å². The van der Waals surface area contributed by atoms with Gasteiger partial charge in [-0.25, -0.2) is 8.42 Å². The summed E-state index contributed by atoms with van der Waals surface area (Å²) in [6, 6.07) is 8.12. The lowest BCUT2D eigenvalue weighted by Gasteiger charge is -2.29. The molecule has 1 aromatic rings. The monoisotopic (exact) mass is 308 g/mol. The van der Waals surface area contributed by atoms with Gasteiger partial charge < -0.3 is 5.32 Å². The molecule has 0 aliphatic rings. The van der Waals surface area contributed by atoms with Crippen molar-refractivity contribution in [3.63, 3.8) is 0 Å². The Kier molecular flexibility index (Phi) is 5.94. The van der Waals surface area contributed by atoms with E-state index in [1.165, 1.54) is 12.1 Å². The summed E-state index contributed by atoms with van der Waals surface area (Å²) in [7, 11) is -3.34. The summed E-state index contributed by atoms with van der Waals surface area (Å²) in [6.07, 6.45) is 0. The topological polar surface area (TPSA) is 70.0 Å². The second kappa shape index (κ2) is 7.06. The van der Waals surface area contributed by atoms with Gasteiger partial charge in [0.2, 0.25) is 0 Å². The molecule has 0 aromatic heterocycles. The molecule has 1 rings (SSSR count). The number of hydrogen-bond acceptors (Lipinski definition) is 4. The first-order chi connectivity index (χ1) is 9.69. The molecule has 0 aliphatic carbocycles. The molecule has 0 heterocycles. The Hall–Kier alpha value is -1.38. The van der Waals surface area contributed by atoms with E-state index in [1.807, 2.05) is 6.07 Å². The second-order valence-corrected chi connectivity index (χ2v) is 8.39. The average molecular weight is 308 g/mol. The van der Waals surface area contributed by atoms with Crippen molar-refractivity contribution in [3.05, 3.63) is 29.8 Å². The van der Waals surface area contributed by atoms with Gasteiger partial charge in [0.1, 0.15) is 0 Å². The van der Waals surface area contributed by atoms with Gasteiger partial charge in [-0.2, -0.15) is 5.26 Å². The highest BCUT2D eigenvalue weighted by atomic mass is 32.2. The highest BCUT2D eigenvalue weighted by Gasteiger charge is 2.22. The first-order valence-electron chi connectivity index (χ1n) is 7.13. The molecule has 0 unspecified atom stereocenters. The van der Waals surface area contributed by atoms with Crippen molar-refractivity contribution in [2.45, 2.75) is 32.6 Å². The summed E-state index contributed by atoms with van der Waals surface area (Å²) >= 11 is 0. The van der Waals surface area contributed by atoms with Gasteiger partial charge in [-0.15, -0.1) is 0 Å². The van der Waals surface area contributed by atoms with Gasteiger partial charge in [0, 0.05) is 13.1 Å². The Bertz CT molecular complexity index is 613. The molecule has 0 spiro atoms. The van der Waals surface area contributed by atoms with Gasteiger partial charge in [0.15, 0.2) is 9.84 Å². The van der Waals surface area contributed by atoms with Gasteiger partial charge in [-0.3, -0.25) is 0 Å². The normalized spacial score (nSPS) is 12.4. The smallest absolute Gasteiger partial charge is 0.179 e. The number of hydrogen-bond donors (Lipinski definition) is 1. The van der Waals surface area contributed by atoms with Crippen molar-refractivity contribution in [3.8, 4) is 6.07 Å². The van der Waals surface area contributed by atoms with Gasteiger partial charge in [-0.05, 0) is 29.5 Å². The van der Waals surface area contributed by atoms with Crippen LogP contribution in [0.5, 0.6) is 0 Å². The standard InChI is InChI=1S/C16H24N2O2S/c1-13(2)16(3,4)12-18-8-9-21(19,20)15-7-5-6-14(10-15)11-17/h5-7,10,13,18H,8-9,12H2,1-4H3. The summed E-state index contributed by atoms with van der Waals surface area (Å²) < 4.78 is 24.4. The van der Waals surface area contributed by atoms with Crippen molar-refractivity contribution in [1.82, 2.24) is 5.32 Å². The molecule has 21 heavy (non-hydrogen) atoms. The number of nitrogens with zero attached hydrogens (tertiary/aromatic N) is 1. The average Bonchev–Trinajstić information content (AvgIpc) is 2.43. The fraction of sp³-hybridized carbons (Fsp3) is 0.562. The summed E-state index contributed by atoms with van der Waals surface area (Å²) in [4.78, 5) is 0.214. The molecule has 5 heteroatoms. The van der Waals surface area contributed by atoms with Crippen LogP contribution in [0.1, 0.15) is 33.3 Å². The first-order valence-corrected chi connectivity index (χ1v) is 8.78. The fourth-order valence-corrected chi connectivity index (χ4v) is 2.94. The van der Waals surface area contributed by atoms with Gasteiger partial charge in [0.25, 0.3) is 0 Å². The second-order valence-electron chi connectivity index (χ2n) is 6.28. The minimum atomic E-state index is -3.34. The maximum absolute atomic E-state index is 12.2. The Morgan fingerprint density at radius 2 is 2.00 bits per heavy atom. The SMILES string of the molecule is CC(C)C(C)(C)CNCCS(=O)(=O)c1cccc(C#N)c1. The van der Waals surface area contributed by atoms with E-state index in [1.54, 1.807) is 12.1 Å². The van der Waals surface area contributed by atoms with Crippen LogP contribution in [0.15, 0.2) is 29.2 Å². The highest BCUT2D eigenvalue weighted by molar-refractivity contribution is 7.91. The molecular formula is C16H24N2O2S. The van der Waals surface area contributed by atoms with Crippen LogP contribution >= 0.6 is 0 Å². The summed E-state index contributed by atoms with van der Waals surface area (Å²) in [5.41, 5.74) is 0.495. The summed E-state index contributed by atoms with van der Waals surface area (Å²) in [5.74, 6) is 0.560. The fourth-order valence-electron chi connectivity index (χ4n) is 1.70. The van der Waals surface area contributed by atoms with E-state index in [4.69, 9.17) is 5.26 Å². The van der Waals surface area contributed by atoms with E-state index in [0.717, 1.165) is 6.54 Å². The zero-order valence-corrected chi connectivity index (χ0v) is 14.0. The molecule has 0 radical (unpaired) electrons. The number of rotatable bonds is 7. The van der Waals surface area contributed by atoms with E-state index < -0.39 is 9.84 Å². The number of nitrogens with one attached hydrogen (secondary N) is 1. The van der Waals surface area contributed by atoms with Crippen LogP contribution in [-0.4, -0.2) is 27.3 Å². The predicted molar refractivity (Wildman–Crippen MR) is 84.7 cm³/mol. The molecular weight excluding hydrogens is 284 g/mol. The quantitative estimate of drug-likeness (QED) is 0.786. The molecule has 0 atom stereocenters. The highest BCUT2D eigenvalue weighted by Crippen LogP contribution is 2.24. The molecule has 1 aromatic carbocycles. The van der Waals surface area contributed by atoms with Gasteiger partial charge in [0.05, 0.1) is 22.3 Å². The first kappa shape index (κ1) is 17.7. The molecule has 0 saturated heterocycles. The van der Waals surface area contributed by atoms with Crippen molar-refractivity contribution in [2.75, 3.05) is 18.8 Å². The van der Waals surface area contributed by atoms with E-state index in [2.05, 4.69) is 33.0 Å². The zero-order valence-electron chi connectivity index (χ0n) is 13.2. The Labute approximate surface area is 128 Å². The predicted octanol–water partition coefficient (Wildman–Crippen LogP) is 2.60. The van der Waals surface area contributed by atoms with Crippen LogP contribution in [0.4, 0.5) is 0 Å². The lowest BCUT2D eigenvalue weighted by molar-refractivity contribution is 0.240. The van der Waals surface area contributed by atoms with Crippen LogP contribution < -0.4 is 5.32 Å². The molecule has 1 N–H and O–H groups in total. The zero-order chi connectivity index (χ0) is 16.1. The Morgan fingerprint density at radius 3 is 2.57 bits per heavy atom. The summed E-state index contributed by atoms with van der Waals surface area (Å²) in [5, 5.41) is 12.0. The number of sulfone groups is 1. The van der Waals surface area contributed by atoms with Gasteiger partial charge in [-0.1, -0.05) is 33.8 Å². The van der Waals surface area contributed by atoms with Crippen molar-refractivity contribution >= 4 is 9.84 Å². The minimum Gasteiger partial charge on any atom is -0.315 e. The molecule has 4 nitrogen and oxygen atoms in total. The number of benzene rings is 1. The molecule has 0 saturated carbocycles. The Balaban J connectivity index is 2.60. The third-order valence-electron chi connectivity index (χ3n) is 4.01. The van der Waals surface area contributed by atoms with Crippen molar-refractivity contribution < 1.29 is 8.42 Å². The maximum Gasteiger partial charge on any atom is 0.179 e. The molecule has 0 bridgehead atoms. The lowest BCUT2D eigenvalue weighted by Crippen LogP contribution is -2.35. The lowest BCUT2D eigenvalue weighted by atomic mass is 9.81. The van der Waals surface area contributed by atoms with E-state index in [9.17, 15) is 8.42 Å². The largest absolute Gasteiger partial charge is 0.315 e.